The van der Waals surface area contributed by atoms with Gasteiger partial charge in [0.15, 0.2) is 9.84 Å². The zero-order chi connectivity index (χ0) is 14.0. The molecule has 0 saturated heterocycles. The van der Waals surface area contributed by atoms with E-state index in [1.165, 1.54) is 18.2 Å². The summed E-state index contributed by atoms with van der Waals surface area (Å²) in [7, 11) is -6.48. The fourth-order valence-electron chi connectivity index (χ4n) is 1.44. The van der Waals surface area contributed by atoms with E-state index in [4.69, 9.17) is 0 Å². The normalized spacial score (nSPS) is 14.4. The van der Waals surface area contributed by atoms with Crippen LogP contribution in [0.15, 0.2) is 29.2 Å². The van der Waals surface area contributed by atoms with Gasteiger partial charge in [0, 0.05) is 12.5 Å². The van der Waals surface area contributed by atoms with Crippen LogP contribution < -0.4 is 0 Å². The van der Waals surface area contributed by atoms with Gasteiger partial charge in [-0.2, -0.15) is 0 Å². The summed E-state index contributed by atoms with van der Waals surface area (Å²) in [5, 5.41) is 9.81. The number of hydrogen-bond acceptors (Lipinski definition) is 5. The third-order valence-corrected chi connectivity index (χ3v) is 4.52. The molecule has 0 saturated carbocycles. The van der Waals surface area contributed by atoms with Crippen molar-refractivity contribution in [1.82, 2.24) is 0 Å². The summed E-state index contributed by atoms with van der Waals surface area (Å²) in [6.45, 7) is 0. The van der Waals surface area contributed by atoms with Gasteiger partial charge in [0.25, 0.3) is 0 Å². The summed E-state index contributed by atoms with van der Waals surface area (Å²) in [5.74, 6) is -0.142. The number of rotatable bonds is 5. The van der Waals surface area contributed by atoms with E-state index in [0.717, 1.165) is 12.5 Å². The van der Waals surface area contributed by atoms with E-state index < -0.39 is 25.8 Å². The van der Waals surface area contributed by atoms with E-state index in [1.807, 2.05) is 0 Å². The third-order valence-electron chi connectivity index (χ3n) is 2.43. The second-order valence-electron chi connectivity index (χ2n) is 4.28. The van der Waals surface area contributed by atoms with Gasteiger partial charge in [0.05, 0.1) is 16.8 Å². The summed E-state index contributed by atoms with van der Waals surface area (Å²) in [4.78, 5) is 0.110. The van der Waals surface area contributed by atoms with E-state index in [-0.39, 0.29) is 17.1 Å². The quantitative estimate of drug-likeness (QED) is 0.856. The third kappa shape index (κ3) is 4.75. The average molecular weight is 292 g/mol. The van der Waals surface area contributed by atoms with Gasteiger partial charge in [-0.25, -0.2) is 16.8 Å². The van der Waals surface area contributed by atoms with Crippen LogP contribution in [0.4, 0.5) is 0 Å². The second kappa shape index (κ2) is 5.38. The fourth-order valence-corrected chi connectivity index (χ4v) is 2.77. The van der Waals surface area contributed by atoms with Gasteiger partial charge in [-0.1, -0.05) is 12.1 Å². The lowest BCUT2D eigenvalue weighted by atomic mass is 10.1. The first-order valence-corrected chi connectivity index (χ1v) is 9.20. The molecule has 18 heavy (non-hydrogen) atoms. The summed E-state index contributed by atoms with van der Waals surface area (Å²) >= 11 is 0. The molecule has 0 spiro atoms. The molecule has 0 amide bonds. The van der Waals surface area contributed by atoms with Gasteiger partial charge in [0.1, 0.15) is 9.84 Å². The van der Waals surface area contributed by atoms with Crippen molar-refractivity contribution in [3.63, 3.8) is 0 Å². The van der Waals surface area contributed by atoms with Crippen LogP contribution in [0.5, 0.6) is 0 Å². The van der Waals surface area contributed by atoms with E-state index in [9.17, 15) is 21.9 Å². The number of aliphatic hydroxyl groups excluding tert-OH is 1. The van der Waals surface area contributed by atoms with E-state index >= 15 is 0 Å². The van der Waals surface area contributed by atoms with Crippen LogP contribution in [-0.4, -0.2) is 40.2 Å². The van der Waals surface area contributed by atoms with Crippen LogP contribution in [0.25, 0.3) is 0 Å². The highest BCUT2D eigenvalue weighted by atomic mass is 32.2. The number of aliphatic hydroxyl groups is 1. The van der Waals surface area contributed by atoms with Crippen molar-refractivity contribution in [2.75, 3.05) is 18.3 Å². The van der Waals surface area contributed by atoms with Crippen LogP contribution in [0, 0.1) is 0 Å². The lowest BCUT2D eigenvalue weighted by Crippen LogP contribution is -2.09. The molecule has 0 radical (unpaired) electrons. The van der Waals surface area contributed by atoms with E-state index in [1.54, 1.807) is 6.07 Å². The Hall–Kier alpha value is -0.920. The summed E-state index contributed by atoms with van der Waals surface area (Å²) in [6.07, 6.45) is 1.23. The molecule has 102 valence electrons. The van der Waals surface area contributed by atoms with E-state index in [0.29, 0.717) is 5.56 Å². The minimum Gasteiger partial charge on any atom is -0.388 e. The highest BCUT2D eigenvalue weighted by molar-refractivity contribution is 7.91. The minimum absolute atomic E-state index is 0.0477. The maximum atomic E-state index is 11.3. The molecule has 0 aliphatic carbocycles. The van der Waals surface area contributed by atoms with Crippen molar-refractivity contribution in [3.8, 4) is 0 Å². The molecule has 1 aromatic rings. The molecule has 0 aliphatic rings. The zero-order valence-electron chi connectivity index (χ0n) is 10.2. The van der Waals surface area contributed by atoms with Crippen molar-refractivity contribution in [2.24, 2.45) is 0 Å². The van der Waals surface area contributed by atoms with Crippen molar-refractivity contribution >= 4 is 19.7 Å². The minimum atomic E-state index is -3.33. The van der Waals surface area contributed by atoms with Gasteiger partial charge >= 0.3 is 0 Å². The Balaban J connectivity index is 2.91. The van der Waals surface area contributed by atoms with Gasteiger partial charge in [-0.3, -0.25) is 0 Å². The molecule has 1 N–H and O–H groups in total. The first-order valence-electron chi connectivity index (χ1n) is 5.25. The van der Waals surface area contributed by atoms with E-state index in [2.05, 4.69) is 0 Å². The lowest BCUT2D eigenvalue weighted by molar-refractivity contribution is 0.174. The molecule has 1 aromatic carbocycles. The molecule has 0 aliphatic heterocycles. The molecular formula is C11H16O5S2. The van der Waals surface area contributed by atoms with Crippen LogP contribution in [0.2, 0.25) is 0 Å². The van der Waals surface area contributed by atoms with Gasteiger partial charge in [-0.05, 0) is 24.1 Å². The Morgan fingerprint density at radius 2 is 1.78 bits per heavy atom. The van der Waals surface area contributed by atoms with Crippen molar-refractivity contribution < 1.29 is 21.9 Å². The molecule has 0 fully saturated rings. The summed E-state index contributed by atoms with van der Waals surface area (Å²) in [6, 6.07) is 5.89. The maximum absolute atomic E-state index is 11.3. The Morgan fingerprint density at radius 3 is 2.28 bits per heavy atom. The van der Waals surface area contributed by atoms with Crippen molar-refractivity contribution in [2.45, 2.75) is 17.4 Å². The van der Waals surface area contributed by atoms with Crippen LogP contribution >= 0.6 is 0 Å². The molecule has 1 atom stereocenters. The molecule has 0 aromatic heterocycles. The molecular weight excluding hydrogens is 276 g/mol. The Bertz CT molecular complexity index is 617. The van der Waals surface area contributed by atoms with Crippen LogP contribution in [-0.2, 0) is 19.7 Å². The number of benzene rings is 1. The smallest absolute Gasteiger partial charge is 0.175 e. The predicted octanol–water partition coefficient (Wildman–Crippen LogP) is 0.558. The lowest BCUT2D eigenvalue weighted by Gasteiger charge is -2.11. The van der Waals surface area contributed by atoms with Crippen LogP contribution in [0.3, 0.4) is 0 Å². The van der Waals surface area contributed by atoms with Crippen molar-refractivity contribution in [1.29, 1.82) is 0 Å². The average Bonchev–Trinajstić information content (AvgIpc) is 2.24. The largest absolute Gasteiger partial charge is 0.388 e. The SMILES string of the molecule is CS(=O)(=O)CCC(O)c1cccc(S(C)(=O)=O)c1. The highest BCUT2D eigenvalue weighted by Gasteiger charge is 2.14. The fraction of sp³-hybridized carbons (Fsp3) is 0.455. The Kier molecular flexibility index (Phi) is 4.52. The van der Waals surface area contributed by atoms with Crippen LogP contribution in [0.1, 0.15) is 18.1 Å². The molecule has 0 bridgehead atoms. The van der Waals surface area contributed by atoms with Crippen molar-refractivity contribution in [3.05, 3.63) is 29.8 Å². The standard InChI is InChI=1S/C11H16O5S2/c1-17(13,14)7-6-11(12)9-4-3-5-10(8-9)18(2,15)16/h3-5,8,11-12H,6-7H2,1-2H3. The predicted molar refractivity (Wildman–Crippen MR) is 68.8 cm³/mol. The number of sulfone groups is 2. The Morgan fingerprint density at radius 1 is 1.17 bits per heavy atom. The molecule has 1 unspecified atom stereocenters. The first kappa shape index (κ1) is 15.1. The Labute approximate surface area is 107 Å². The molecule has 0 heterocycles. The first-order chi connectivity index (χ1) is 8.09. The summed E-state index contributed by atoms with van der Waals surface area (Å²) < 4.78 is 44.7. The van der Waals surface area contributed by atoms with Gasteiger partial charge in [-0.15, -0.1) is 0 Å². The second-order valence-corrected chi connectivity index (χ2v) is 8.55. The monoisotopic (exact) mass is 292 g/mol. The summed E-state index contributed by atoms with van der Waals surface area (Å²) in [5.41, 5.74) is 0.404. The molecule has 1 rings (SSSR count). The molecule has 5 nitrogen and oxygen atoms in total. The van der Waals surface area contributed by atoms with Gasteiger partial charge in [0.2, 0.25) is 0 Å². The highest BCUT2D eigenvalue weighted by Crippen LogP contribution is 2.20. The number of hydrogen-bond donors (Lipinski definition) is 1. The zero-order valence-corrected chi connectivity index (χ0v) is 11.8. The van der Waals surface area contributed by atoms with Gasteiger partial charge < -0.3 is 5.11 Å². The topological polar surface area (TPSA) is 88.5 Å². The maximum Gasteiger partial charge on any atom is 0.175 e. The molecule has 7 heteroatoms.